The van der Waals surface area contributed by atoms with Crippen LogP contribution in [-0.4, -0.2) is 75.5 Å². The van der Waals surface area contributed by atoms with Gasteiger partial charge in [-0.2, -0.15) is 0 Å². The minimum absolute atomic E-state index is 0.0517. The normalized spacial score (nSPS) is 31.1. The number of pyridine rings is 1. The summed E-state index contributed by atoms with van der Waals surface area (Å²) in [7, 11) is 1.72. The highest BCUT2D eigenvalue weighted by molar-refractivity contribution is 6.05. The van der Waals surface area contributed by atoms with Crippen LogP contribution in [0.2, 0.25) is 0 Å². The third kappa shape index (κ3) is 3.30. The summed E-state index contributed by atoms with van der Waals surface area (Å²) in [6, 6.07) is 6.53. The van der Waals surface area contributed by atoms with E-state index in [1.165, 1.54) is 12.8 Å². The van der Waals surface area contributed by atoms with Gasteiger partial charge in [-0.25, -0.2) is 9.98 Å². The monoisotopic (exact) mass is 486 g/mol. The molecule has 4 heterocycles. The number of rotatable bonds is 6. The molecule has 3 fully saturated rings. The third-order valence-electron chi connectivity index (χ3n) is 8.90. The number of fused-ring (bicyclic) bond motifs is 4. The Morgan fingerprint density at radius 3 is 2.81 bits per heavy atom. The van der Waals surface area contributed by atoms with Gasteiger partial charge < -0.3 is 24.8 Å². The van der Waals surface area contributed by atoms with Crippen molar-refractivity contribution in [3.8, 4) is 0 Å². The predicted octanol–water partition coefficient (Wildman–Crippen LogP) is 2.68. The van der Waals surface area contributed by atoms with Gasteiger partial charge in [0.15, 0.2) is 5.84 Å². The first-order valence-electron chi connectivity index (χ1n) is 13.4. The largest absolute Gasteiger partial charge is 0.375 e. The van der Waals surface area contributed by atoms with Gasteiger partial charge in [-0.05, 0) is 74.8 Å². The Bertz CT molecular complexity index is 1320. The van der Waals surface area contributed by atoms with Crippen LogP contribution in [0.1, 0.15) is 38.3 Å². The van der Waals surface area contributed by atoms with Crippen molar-refractivity contribution in [1.29, 1.82) is 0 Å². The Kier molecular flexibility index (Phi) is 5.12. The maximum absolute atomic E-state index is 13.6. The lowest BCUT2D eigenvalue weighted by atomic mass is 9.95. The summed E-state index contributed by atoms with van der Waals surface area (Å²) in [6.45, 7) is 4.67. The molecule has 0 spiro atoms. The van der Waals surface area contributed by atoms with Gasteiger partial charge >= 0.3 is 0 Å². The van der Waals surface area contributed by atoms with Crippen molar-refractivity contribution in [1.82, 2.24) is 19.4 Å². The molecule has 2 aromatic heterocycles. The minimum atomic E-state index is -0.252. The van der Waals surface area contributed by atoms with E-state index in [4.69, 9.17) is 20.4 Å². The predicted molar refractivity (Wildman–Crippen MR) is 138 cm³/mol. The van der Waals surface area contributed by atoms with Crippen LogP contribution in [-0.2, 0) is 16.1 Å². The first kappa shape index (κ1) is 22.2. The lowest BCUT2D eigenvalue weighted by molar-refractivity contribution is -0.128. The molecule has 2 aromatic rings. The van der Waals surface area contributed by atoms with E-state index in [1.807, 2.05) is 29.3 Å². The molecule has 36 heavy (non-hydrogen) atoms. The second-order valence-electron chi connectivity index (χ2n) is 11.0. The van der Waals surface area contributed by atoms with Gasteiger partial charge in [-0.3, -0.25) is 4.79 Å². The molecule has 1 amide bonds. The Labute approximate surface area is 211 Å². The van der Waals surface area contributed by atoms with Crippen molar-refractivity contribution in [2.75, 3.05) is 20.2 Å². The summed E-state index contributed by atoms with van der Waals surface area (Å²) in [5.74, 6) is 2.14. The molecule has 3 aliphatic carbocycles. The van der Waals surface area contributed by atoms with Crippen molar-refractivity contribution in [3.05, 3.63) is 53.5 Å². The number of aliphatic imine (C=N–C) groups is 1. The number of hydrogen-bond acceptors (Lipinski definition) is 6. The Balaban J connectivity index is 1.28. The molecule has 0 aromatic carbocycles. The van der Waals surface area contributed by atoms with Gasteiger partial charge in [0, 0.05) is 56.0 Å². The van der Waals surface area contributed by atoms with E-state index >= 15 is 0 Å². The highest BCUT2D eigenvalue weighted by atomic mass is 16.5. The topological polar surface area (TPSA) is 89.0 Å². The van der Waals surface area contributed by atoms with Gasteiger partial charge in [0.05, 0.1) is 11.4 Å². The number of ether oxygens (including phenoxy) is 1. The number of likely N-dealkylation sites (tertiary alicyclic amines) is 1. The first-order chi connectivity index (χ1) is 17.6. The van der Waals surface area contributed by atoms with Gasteiger partial charge in [0.25, 0.3) is 5.91 Å². The highest BCUT2D eigenvalue weighted by Gasteiger charge is 2.48. The van der Waals surface area contributed by atoms with E-state index in [2.05, 4.69) is 28.5 Å². The number of aromatic nitrogens is 2. The molecule has 8 heteroatoms. The zero-order valence-electron chi connectivity index (χ0n) is 21.0. The van der Waals surface area contributed by atoms with E-state index in [1.54, 1.807) is 7.11 Å². The van der Waals surface area contributed by atoms with Crippen LogP contribution in [0.15, 0.2) is 52.8 Å². The van der Waals surface area contributed by atoms with Crippen LogP contribution >= 0.6 is 0 Å². The molecule has 7 rings (SSSR count). The molecule has 5 atom stereocenters. The fourth-order valence-corrected chi connectivity index (χ4v) is 6.83. The number of carbonyl (C=O) groups is 1. The Morgan fingerprint density at radius 1 is 1.25 bits per heavy atom. The first-order valence-corrected chi connectivity index (χ1v) is 13.4. The number of hydrogen-bond donors (Lipinski definition) is 1. The minimum Gasteiger partial charge on any atom is -0.375 e. The van der Waals surface area contributed by atoms with Crippen molar-refractivity contribution in [2.24, 2.45) is 22.6 Å². The summed E-state index contributed by atoms with van der Waals surface area (Å²) in [6.07, 6.45) is 10.3. The van der Waals surface area contributed by atoms with E-state index < -0.39 is 0 Å². The number of carbonyl (C=O) groups excluding carboxylic acids is 1. The number of nitrogens with two attached hydrogens (primary N) is 1. The number of methoxy groups -OCH3 is 1. The van der Waals surface area contributed by atoms with Crippen molar-refractivity contribution >= 4 is 22.8 Å². The molecule has 2 bridgehead atoms. The van der Waals surface area contributed by atoms with Gasteiger partial charge in [-0.15, -0.1) is 0 Å². The number of amidine groups is 1. The zero-order valence-corrected chi connectivity index (χ0v) is 21.0. The third-order valence-corrected chi connectivity index (χ3v) is 8.90. The second kappa shape index (κ2) is 8.28. The lowest BCUT2D eigenvalue weighted by Gasteiger charge is -2.34. The van der Waals surface area contributed by atoms with E-state index in [-0.39, 0.29) is 30.1 Å². The van der Waals surface area contributed by atoms with Crippen molar-refractivity contribution in [3.63, 3.8) is 0 Å². The SMILES string of the molecule is CCN1C(c2cc3cccnc3n2CC2CC2)=NC2=CC(C(=O)N3C[C@H]4CC[C@@H]3C4N)=CC(OC)C21. The maximum Gasteiger partial charge on any atom is 0.254 e. The summed E-state index contributed by atoms with van der Waals surface area (Å²) in [5.41, 5.74) is 10.1. The standard InChI is InChI=1S/C28H34N6O2/c1-3-32-25-20(11-19(13-23(25)36-2)28(35)34-15-18-8-9-21(34)24(18)29)31-27(32)22-12-17-5-4-10-30-26(17)33(22)14-16-6-7-16/h4-5,10-13,16,18,21,23-25H,3,6-9,14-15,29H2,1-2H3/t18-,21-,23?,24?,25?/m1/s1. The Hall–Kier alpha value is -2.97. The average molecular weight is 487 g/mol. The lowest BCUT2D eigenvalue weighted by Crippen LogP contribution is -2.47. The van der Waals surface area contributed by atoms with Crippen LogP contribution in [0.5, 0.6) is 0 Å². The quantitative estimate of drug-likeness (QED) is 0.678. The van der Waals surface area contributed by atoms with Crippen LogP contribution in [0, 0.1) is 11.8 Å². The maximum atomic E-state index is 13.6. The summed E-state index contributed by atoms with van der Waals surface area (Å²) < 4.78 is 8.31. The van der Waals surface area contributed by atoms with Crippen LogP contribution in [0.3, 0.4) is 0 Å². The molecule has 2 N–H and O–H groups in total. The number of likely N-dealkylation sites (N-methyl/N-ethyl adjacent to an activating group) is 1. The molecule has 2 saturated carbocycles. The second-order valence-corrected chi connectivity index (χ2v) is 11.0. The summed E-state index contributed by atoms with van der Waals surface area (Å²) in [5, 5.41) is 1.13. The van der Waals surface area contributed by atoms with Gasteiger partial charge in [0.1, 0.15) is 17.8 Å². The van der Waals surface area contributed by atoms with Gasteiger partial charge in [0.2, 0.25) is 0 Å². The molecule has 3 unspecified atom stereocenters. The van der Waals surface area contributed by atoms with E-state index in [0.29, 0.717) is 17.4 Å². The molecule has 1 saturated heterocycles. The van der Waals surface area contributed by atoms with Gasteiger partial charge in [-0.1, -0.05) is 0 Å². The highest BCUT2D eigenvalue weighted by Crippen LogP contribution is 2.40. The number of piperidine rings is 1. The molecular formula is C28H34N6O2. The van der Waals surface area contributed by atoms with E-state index in [9.17, 15) is 4.79 Å². The molecule has 0 radical (unpaired) electrons. The van der Waals surface area contributed by atoms with Crippen molar-refractivity contribution < 1.29 is 9.53 Å². The van der Waals surface area contributed by atoms with Crippen LogP contribution in [0.4, 0.5) is 0 Å². The zero-order chi connectivity index (χ0) is 24.6. The van der Waals surface area contributed by atoms with Crippen molar-refractivity contribution in [2.45, 2.75) is 63.4 Å². The summed E-state index contributed by atoms with van der Waals surface area (Å²) >= 11 is 0. The average Bonchev–Trinajstić information content (AvgIpc) is 3.24. The molecular weight excluding hydrogens is 452 g/mol. The number of nitrogens with zero attached hydrogens (tertiary/aromatic N) is 5. The number of amides is 1. The molecule has 2 aliphatic heterocycles. The molecule has 8 nitrogen and oxygen atoms in total. The van der Waals surface area contributed by atoms with Crippen LogP contribution < -0.4 is 5.73 Å². The smallest absolute Gasteiger partial charge is 0.254 e. The summed E-state index contributed by atoms with van der Waals surface area (Å²) in [4.78, 5) is 27.8. The fraction of sp³-hybridized carbons (Fsp3) is 0.536. The molecule has 188 valence electrons. The Morgan fingerprint density at radius 2 is 2.11 bits per heavy atom. The van der Waals surface area contributed by atoms with E-state index in [0.717, 1.165) is 60.7 Å². The fourth-order valence-electron chi connectivity index (χ4n) is 6.83. The van der Waals surface area contributed by atoms with Crippen LogP contribution in [0.25, 0.3) is 11.0 Å². The molecule has 5 aliphatic rings.